The molecule has 6 heteroatoms. The van der Waals surface area contributed by atoms with E-state index in [1.807, 2.05) is 0 Å². The summed E-state index contributed by atoms with van der Waals surface area (Å²) < 4.78 is 33.6. The van der Waals surface area contributed by atoms with E-state index in [4.69, 9.17) is 0 Å². The van der Waals surface area contributed by atoms with Gasteiger partial charge in [-0.2, -0.15) is 0 Å². The van der Waals surface area contributed by atoms with E-state index in [1.54, 1.807) is 0 Å². The van der Waals surface area contributed by atoms with Gasteiger partial charge in [-0.25, -0.2) is 0 Å². The molecule has 0 amide bonds. The van der Waals surface area contributed by atoms with Gasteiger partial charge in [-0.15, -0.1) is 21.2 Å². The fourth-order valence-corrected chi connectivity index (χ4v) is 1.63. The Hall–Kier alpha value is 0.0300. The van der Waals surface area contributed by atoms with E-state index in [9.17, 15) is 8.78 Å². The highest BCUT2D eigenvalue weighted by Gasteiger charge is 2.41. The molecule has 2 fully saturated rings. The van der Waals surface area contributed by atoms with Crippen LogP contribution in [0.1, 0.15) is 0 Å². The molecule has 0 radical (unpaired) electrons. The molecule has 0 unspecified atom stereocenters. The number of fused-ring (bicyclic) bond motifs is 1. The Balaban J connectivity index is 0.000000845. The third kappa shape index (κ3) is 2.49. The fraction of sp³-hybridized carbons (Fsp3) is 1.00. The van der Waals surface area contributed by atoms with Crippen LogP contribution < -0.4 is 5.32 Å². The minimum Gasteiger partial charge on any atom is -0.316 e. The van der Waals surface area contributed by atoms with Crippen molar-refractivity contribution in [2.24, 2.45) is 11.8 Å². The molecule has 2 heterocycles. The van der Waals surface area contributed by atoms with Gasteiger partial charge in [0.05, 0.1) is 13.2 Å². The standard InChI is InChI=1S/C7H11F2NO2.ClH/c8-7(9)11-3-5-1-10-2-6(5)4-12-7;/h5-6,10H,1-4H2;1H/t5-,6-;/m0./s1. The largest absolute Gasteiger partial charge is 0.485 e. The summed E-state index contributed by atoms with van der Waals surface area (Å²) in [5, 5.41) is 3.11. The molecule has 2 aliphatic heterocycles. The van der Waals surface area contributed by atoms with E-state index in [0.29, 0.717) is 0 Å². The molecule has 0 aromatic rings. The number of ether oxygens (including phenoxy) is 2. The Morgan fingerprint density at radius 3 is 2.00 bits per heavy atom. The second kappa shape index (κ2) is 4.04. The summed E-state index contributed by atoms with van der Waals surface area (Å²) in [5.41, 5.74) is 0. The molecule has 3 nitrogen and oxygen atoms in total. The highest BCUT2D eigenvalue weighted by Crippen LogP contribution is 2.28. The van der Waals surface area contributed by atoms with Crippen molar-refractivity contribution in [3.63, 3.8) is 0 Å². The van der Waals surface area contributed by atoms with Crippen molar-refractivity contribution in [3.05, 3.63) is 0 Å². The molecule has 2 aliphatic rings. The second-order valence-electron chi connectivity index (χ2n) is 3.26. The van der Waals surface area contributed by atoms with Gasteiger partial charge in [0.1, 0.15) is 0 Å². The molecule has 2 saturated heterocycles. The van der Waals surface area contributed by atoms with Crippen LogP contribution in [0.15, 0.2) is 0 Å². The van der Waals surface area contributed by atoms with Gasteiger partial charge >= 0.3 is 6.29 Å². The minimum atomic E-state index is -3.37. The summed E-state index contributed by atoms with van der Waals surface area (Å²) in [4.78, 5) is 0. The van der Waals surface area contributed by atoms with Crippen LogP contribution in [0.2, 0.25) is 0 Å². The van der Waals surface area contributed by atoms with Crippen molar-refractivity contribution in [3.8, 4) is 0 Å². The van der Waals surface area contributed by atoms with Gasteiger partial charge in [-0.05, 0) is 0 Å². The lowest BCUT2D eigenvalue weighted by molar-refractivity contribution is -0.387. The van der Waals surface area contributed by atoms with Crippen molar-refractivity contribution in [1.82, 2.24) is 5.32 Å². The van der Waals surface area contributed by atoms with Crippen LogP contribution in [0.5, 0.6) is 0 Å². The zero-order valence-corrected chi connectivity index (χ0v) is 7.78. The van der Waals surface area contributed by atoms with Gasteiger partial charge in [0.2, 0.25) is 0 Å². The van der Waals surface area contributed by atoms with Gasteiger partial charge < -0.3 is 5.32 Å². The number of hydrogen-bond acceptors (Lipinski definition) is 3. The molecule has 0 aromatic carbocycles. The summed E-state index contributed by atoms with van der Waals surface area (Å²) in [5.74, 6) is 0.358. The second-order valence-corrected chi connectivity index (χ2v) is 3.26. The van der Waals surface area contributed by atoms with Crippen molar-refractivity contribution in [2.75, 3.05) is 26.3 Å². The lowest BCUT2D eigenvalue weighted by Crippen LogP contribution is -2.25. The molecule has 0 aliphatic carbocycles. The first-order valence-electron chi connectivity index (χ1n) is 4.04. The Bertz CT molecular complexity index is 166. The Labute approximate surface area is 81.2 Å². The Morgan fingerprint density at radius 2 is 1.54 bits per heavy atom. The average molecular weight is 216 g/mol. The van der Waals surface area contributed by atoms with E-state index >= 15 is 0 Å². The average Bonchev–Trinajstić information content (AvgIpc) is 2.40. The molecular weight excluding hydrogens is 204 g/mol. The predicted molar refractivity (Wildman–Crippen MR) is 43.9 cm³/mol. The van der Waals surface area contributed by atoms with Crippen molar-refractivity contribution >= 4 is 12.4 Å². The SMILES string of the molecule is Cl.FC1(F)OC[C@@H]2CNC[C@H]2CO1. The Kier molecular flexibility index (Phi) is 3.45. The zero-order chi connectivity index (χ0) is 8.60. The lowest BCUT2D eigenvalue weighted by atomic mass is 9.98. The number of hydrogen-bond donors (Lipinski definition) is 1. The summed E-state index contributed by atoms with van der Waals surface area (Å²) in [6.45, 7) is 1.68. The van der Waals surface area contributed by atoms with Gasteiger partial charge in [0.25, 0.3) is 0 Å². The maximum atomic E-state index is 12.5. The third-order valence-corrected chi connectivity index (χ3v) is 2.41. The van der Waals surface area contributed by atoms with Crippen LogP contribution >= 0.6 is 12.4 Å². The van der Waals surface area contributed by atoms with Crippen molar-refractivity contribution in [2.45, 2.75) is 6.29 Å². The molecule has 1 N–H and O–H groups in total. The molecule has 13 heavy (non-hydrogen) atoms. The molecule has 2 atom stereocenters. The summed E-state index contributed by atoms with van der Waals surface area (Å²) in [7, 11) is 0. The predicted octanol–water partition coefficient (Wildman–Crippen LogP) is 0.841. The van der Waals surface area contributed by atoms with E-state index in [0.717, 1.165) is 13.1 Å². The maximum Gasteiger partial charge on any atom is 0.485 e. The summed E-state index contributed by atoms with van der Waals surface area (Å²) in [6.07, 6.45) is -3.37. The number of alkyl halides is 2. The molecule has 0 aromatic heterocycles. The number of halogens is 3. The van der Waals surface area contributed by atoms with Crippen molar-refractivity contribution in [1.29, 1.82) is 0 Å². The van der Waals surface area contributed by atoms with Crippen LogP contribution in [0.25, 0.3) is 0 Å². The molecule has 78 valence electrons. The zero-order valence-electron chi connectivity index (χ0n) is 6.96. The molecule has 0 saturated carbocycles. The van der Waals surface area contributed by atoms with Crippen LogP contribution in [-0.4, -0.2) is 32.6 Å². The van der Waals surface area contributed by atoms with Crippen LogP contribution in [0.3, 0.4) is 0 Å². The smallest absolute Gasteiger partial charge is 0.316 e. The van der Waals surface area contributed by atoms with Crippen LogP contribution in [0, 0.1) is 11.8 Å². The molecule has 2 rings (SSSR count). The first-order valence-corrected chi connectivity index (χ1v) is 4.04. The highest BCUT2D eigenvalue weighted by molar-refractivity contribution is 5.85. The van der Waals surface area contributed by atoms with E-state index in [2.05, 4.69) is 14.8 Å². The molecule has 0 bridgehead atoms. The third-order valence-electron chi connectivity index (χ3n) is 2.41. The first-order chi connectivity index (χ1) is 5.67. The van der Waals surface area contributed by atoms with Crippen molar-refractivity contribution < 1.29 is 18.3 Å². The van der Waals surface area contributed by atoms with E-state index < -0.39 is 6.29 Å². The summed E-state index contributed by atoms with van der Waals surface area (Å²) in [6, 6.07) is 0. The van der Waals surface area contributed by atoms with Gasteiger partial charge in [-0.1, -0.05) is 0 Å². The molecule has 0 spiro atoms. The van der Waals surface area contributed by atoms with Gasteiger partial charge in [-0.3, -0.25) is 9.47 Å². The number of nitrogens with one attached hydrogen (secondary N) is 1. The first kappa shape index (κ1) is 11.1. The minimum absolute atomic E-state index is 0. The van der Waals surface area contributed by atoms with E-state index in [1.165, 1.54) is 0 Å². The van der Waals surface area contributed by atoms with Crippen LogP contribution in [0.4, 0.5) is 8.78 Å². The monoisotopic (exact) mass is 215 g/mol. The summed E-state index contributed by atoms with van der Waals surface area (Å²) >= 11 is 0. The normalized spacial score (nSPS) is 37.4. The lowest BCUT2D eigenvalue weighted by Gasteiger charge is -2.12. The molecular formula is C7H12ClF2NO2. The van der Waals surface area contributed by atoms with Gasteiger partial charge in [0.15, 0.2) is 0 Å². The van der Waals surface area contributed by atoms with Crippen LogP contribution in [-0.2, 0) is 9.47 Å². The van der Waals surface area contributed by atoms with Gasteiger partial charge in [0, 0.05) is 24.9 Å². The number of rotatable bonds is 0. The maximum absolute atomic E-state index is 12.5. The highest BCUT2D eigenvalue weighted by atomic mass is 35.5. The van der Waals surface area contributed by atoms with E-state index in [-0.39, 0.29) is 37.5 Å². The fourth-order valence-electron chi connectivity index (χ4n) is 1.63. The Morgan fingerprint density at radius 1 is 1.08 bits per heavy atom. The topological polar surface area (TPSA) is 30.5 Å². The quantitative estimate of drug-likeness (QED) is 0.650.